The SMILES string of the molecule is O=S(=O)(NCC(F)F)c1cc(CNC2CC2)oc1Br. The largest absolute Gasteiger partial charge is 0.452 e. The van der Waals surface area contributed by atoms with E-state index in [1.54, 1.807) is 0 Å². The van der Waals surface area contributed by atoms with Crippen molar-refractivity contribution in [3.05, 3.63) is 16.5 Å². The maximum atomic E-state index is 12.0. The van der Waals surface area contributed by atoms with Gasteiger partial charge in [0.1, 0.15) is 10.7 Å². The number of furan rings is 1. The van der Waals surface area contributed by atoms with Crippen molar-refractivity contribution in [1.82, 2.24) is 10.0 Å². The lowest BCUT2D eigenvalue weighted by Gasteiger charge is -2.03. The molecule has 108 valence electrons. The van der Waals surface area contributed by atoms with Gasteiger partial charge in [-0.25, -0.2) is 21.9 Å². The molecular weight excluding hydrogens is 346 g/mol. The summed E-state index contributed by atoms with van der Waals surface area (Å²) in [5.74, 6) is 0.441. The van der Waals surface area contributed by atoms with E-state index in [4.69, 9.17) is 4.42 Å². The van der Waals surface area contributed by atoms with Crippen LogP contribution in [0.4, 0.5) is 8.78 Å². The van der Waals surface area contributed by atoms with Gasteiger partial charge in [-0.05, 0) is 28.8 Å². The molecule has 9 heteroatoms. The van der Waals surface area contributed by atoms with Gasteiger partial charge in [0.2, 0.25) is 10.0 Å². The van der Waals surface area contributed by atoms with Crippen LogP contribution in [0.25, 0.3) is 0 Å². The number of rotatable bonds is 7. The Labute approximate surface area is 117 Å². The van der Waals surface area contributed by atoms with Gasteiger partial charge in [-0.2, -0.15) is 0 Å². The summed E-state index contributed by atoms with van der Waals surface area (Å²) >= 11 is 2.98. The van der Waals surface area contributed by atoms with Gasteiger partial charge in [0.25, 0.3) is 6.43 Å². The van der Waals surface area contributed by atoms with Crippen molar-refractivity contribution in [3.63, 3.8) is 0 Å². The molecule has 0 aromatic carbocycles. The summed E-state index contributed by atoms with van der Waals surface area (Å²) < 4.78 is 54.7. The van der Waals surface area contributed by atoms with E-state index in [-0.39, 0.29) is 9.56 Å². The molecule has 0 saturated heterocycles. The van der Waals surface area contributed by atoms with Crippen LogP contribution in [-0.4, -0.2) is 27.4 Å². The lowest BCUT2D eigenvalue weighted by atomic mass is 10.4. The highest BCUT2D eigenvalue weighted by molar-refractivity contribution is 9.10. The Balaban J connectivity index is 2.05. The molecule has 1 aliphatic rings. The molecule has 1 fully saturated rings. The van der Waals surface area contributed by atoms with Crippen molar-refractivity contribution in [2.45, 2.75) is 36.7 Å². The molecule has 2 N–H and O–H groups in total. The van der Waals surface area contributed by atoms with Gasteiger partial charge in [-0.15, -0.1) is 0 Å². The normalized spacial score (nSPS) is 16.2. The van der Waals surface area contributed by atoms with Crippen LogP contribution in [0.15, 0.2) is 20.0 Å². The van der Waals surface area contributed by atoms with E-state index in [9.17, 15) is 17.2 Å². The minimum atomic E-state index is -3.99. The van der Waals surface area contributed by atoms with Crippen molar-refractivity contribution < 1.29 is 21.6 Å². The van der Waals surface area contributed by atoms with Gasteiger partial charge in [0.05, 0.1) is 13.1 Å². The summed E-state index contributed by atoms with van der Waals surface area (Å²) in [5.41, 5.74) is 0. The van der Waals surface area contributed by atoms with Crippen molar-refractivity contribution in [3.8, 4) is 0 Å². The predicted octanol–water partition coefficient (Wildman–Crippen LogP) is 1.84. The maximum Gasteiger partial charge on any atom is 0.251 e. The zero-order chi connectivity index (χ0) is 14.0. The van der Waals surface area contributed by atoms with Crippen molar-refractivity contribution in [2.24, 2.45) is 0 Å². The highest BCUT2D eigenvalue weighted by atomic mass is 79.9. The van der Waals surface area contributed by atoms with E-state index in [1.165, 1.54) is 6.07 Å². The number of hydrogen-bond donors (Lipinski definition) is 2. The maximum absolute atomic E-state index is 12.0. The standard InChI is InChI=1S/C10H13BrF2N2O3S/c11-10-8(19(16,17)15-5-9(12)13)3-7(18-10)4-14-6-1-2-6/h3,6,9,14-15H,1-2,4-5H2. The molecule has 0 aliphatic heterocycles. The van der Waals surface area contributed by atoms with Crippen LogP contribution in [-0.2, 0) is 16.6 Å². The smallest absolute Gasteiger partial charge is 0.251 e. The molecule has 1 heterocycles. The van der Waals surface area contributed by atoms with Crippen LogP contribution < -0.4 is 10.0 Å². The van der Waals surface area contributed by atoms with Gasteiger partial charge < -0.3 is 9.73 Å². The van der Waals surface area contributed by atoms with E-state index < -0.39 is 23.0 Å². The van der Waals surface area contributed by atoms with E-state index in [0.717, 1.165) is 12.8 Å². The summed E-state index contributed by atoms with van der Waals surface area (Å²) in [7, 11) is -3.99. The molecular formula is C10H13BrF2N2O3S. The number of alkyl halides is 2. The Bertz CT molecular complexity index is 543. The zero-order valence-electron chi connectivity index (χ0n) is 9.83. The summed E-state index contributed by atoms with van der Waals surface area (Å²) in [6, 6.07) is 1.79. The van der Waals surface area contributed by atoms with Crippen LogP contribution in [0.2, 0.25) is 0 Å². The van der Waals surface area contributed by atoms with Gasteiger partial charge >= 0.3 is 0 Å². The third kappa shape index (κ3) is 4.23. The second-order valence-electron chi connectivity index (χ2n) is 4.25. The Kier molecular flexibility index (Phi) is 4.59. The van der Waals surface area contributed by atoms with E-state index in [0.29, 0.717) is 18.3 Å². The van der Waals surface area contributed by atoms with Gasteiger partial charge in [0, 0.05) is 12.1 Å². The minimum absolute atomic E-state index is 0.0156. The minimum Gasteiger partial charge on any atom is -0.452 e. The highest BCUT2D eigenvalue weighted by Gasteiger charge is 2.25. The third-order valence-electron chi connectivity index (χ3n) is 2.57. The molecule has 0 bridgehead atoms. The number of sulfonamides is 1. The molecule has 0 radical (unpaired) electrons. The number of hydrogen-bond acceptors (Lipinski definition) is 4. The fourth-order valence-corrected chi connectivity index (χ4v) is 3.45. The molecule has 19 heavy (non-hydrogen) atoms. The molecule has 0 unspecified atom stereocenters. The average Bonchev–Trinajstić information content (AvgIpc) is 3.07. The zero-order valence-corrected chi connectivity index (χ0v) is 12.2. The molecule has 0 amide bonds. The first-order valence-corrected chi connectivity index (χ1v) is 7.95. The first kappa shape index (κ1) is 14.9. The van der Waals surface area contributed by atoms with Gasteiger partial charge in [-0.1, -0.05) is 0 Å². The monoisotopic (exact) mass is 358 g/mol. The Morgan fingerprint density at radius 2 is 2.16 bits per heavy atom. The number of nitrogens with one attached hydrogen (secondary N) is 2. The van der Waals surface area contributed by atoms with E-state index >= 15 is 0 Å². The van der Waals surface area contributed by atoms with Crippen LogP contribution in [0.3, 0.4) is 0 Å². The van der Waals surface area contributed by atoms with Crippen LogP contribution in [0.1, 0.15) is 18.6 Å². The van der Waals surface area contributed by atoms with Crippen molar-refractivity contribution in [1.29, 1.82) is 0 Å². The molecule has 1 aromatic rings. The fraction of sp³-hybridized carbons (Fsp3) is 0.600. The van der Waals surface area contributed by atoms with Crippen LogP contribution >= 0.6 is 15.9 Å². The lowest BCUT2D eigenvalue weighted by molar-refractivity contribution is 0.153. The molecule has 0 atom stereocenters. The third-order valence-corrected chi connectivity index (χ3v) is 4.85. The Morgan fingerprint density at radius 3 is 2.74 bits per heavy atom. The van der Waals surface area contributed by atoms with E-state index in [2.05, 4.69) is 21.2 Å². The Hall–Kier alpha value is -0.510. The summed E-state index contributed by atoms with van der Waals surface area (Å²) in [4.78, 5) is -0.166. The lowest BCUT2D eigenvalue weighted by Crippen LogP contribution is -2.28. The second kappa shape index (κ2) is 5.86. The van der Waals surface area contributed by atoms with E-state index in [1.807, 2.05) is 4.72 Å². The van der Waals surface area contributed by atoms with Crippen LogP contribution in [0, 0.1) is 0 Å². The molecule has 5 nitrogen and oxygen atoms in total. The molecule has 2 rings (SSSR count). The van der Waals surface area contributed by atoms with Crippen molar-refractivity contribution >= 4 is 26.0 Å². The predicted molar refractivity (Wildman–Crippen MR) is 67.5 cm³/mol. The first-order valence-electron chi connectivity index (χ1n) is 5.68. The summed E-state index contributed by atoms with van der Waals surface area (Å²) in [6.07, 6.45) is -0.539. The molecule has 1 saturated carbocycles. The molecule has 0 spiro atoms. The molecule has 1 aromatic heterocycles. The van der Waals surface area contributed by atoms with Gasteiger partial charge in [-0.3, -0.25) is 0 Å². The first-order chi connectivity index (χ1) is 8.88. The average molecular weight is 359 g/mol. The molecule has 1 aliphatic carbocycles. The van der Waals surface area contributed by atoms with Gasteiger partial charge in [0.15, 0.2) is 4.67 Å². The topological polar surface area (TPSA) is 71.3 Å². The highest BCUT2D eigenvalue weighted by Crippen LogP contribution is 2.27. The van der Waals surface area contributed by atoms with Crippen molar-refractivity contribution in [2.75, 3.05) is 6.54 Å². The Morgan fingerprint density at radius 1 is 1.47 bits per heavy atom. The fourth-order valence-electron chi connectivity index (χ4n) is 1.45. The number of halogens is 3. The quantitative estimate of drug-likeness (QED) is 0.780. The summed E-state index contributed by atoms with van der Waals surface area (Å²) in [6.45, 7) is -0.511. The summed E-state index contributed by atoms with van der Waals surface area (Å²) in [5, 5.41) is 3.17. The second-order valence-corrected chi connectivity index (χ2v) is 6.70. The van der Waals surface area contributed by atoms with Crippen LogP contribution in [0.5, 0.6) is 0 Å².